The number of rotatable bonds is 3. The predicted molar refractivity (Wildman–Crippen MR) is 49.8 cm³/mol. The minimum absolute atomic E-state index is 0.189. The average molecular weight is 223 g/mol. The molecule has 90 valence electrons. The van der Waals surface area contributed by atoms with Gasteiger partial charge in [-0.25, -0.2) is 0 Å². The van der Waals surface area contributed by atoms with Gasteiger partial charge >= 0.3 is 0 Å². The van der Waals surface area contributed by atoms with Crippen LogP contribution in [0.15, 0.2) is 0 Å². The van der Waals surface area contributed by atoms with Crippen LogP contribution in [0.5, 0.6) is 0 Å². The zero-order chi connectivity index (χ0) is 12.5. The van der Waals surface area contributed by atoms with Crippen LogP contribution in [0, 0.1) is 0 Å². The van der Waals surface area contributed by atoms with Gasteiger partial charge in [-0.1, -0.05) is 13.3 Å². The van der Waals surface area contributed by atoms with Crippen LogP contribution in [0.1, 0.15) is 21.1 Å². The highest BCUT2D eigenvalue weighted by Crippen LogP contribution is 2.31. The maximum Gasteiger partial charge on any atom is 0.195 e. The fourth-order valence-corrected chi connectivity index (χ4v) is 1.64. The van der Waals surface area contributed by atoms with Gasteiger partial charge in [-0.2, -0.15) is 0 Å². The smallest absolute Gasteiger partial charge is 0.195 e. The zero-order valence-electron chi connectivity index (χ0n) is 9.45. The van der Waals surface area contributed by atoms with Crippen LogP contribution in [-0.2, 0) is 4.74 Å². The van der Waals surface area contributed by atoms with Gasteiger partial charge < -0.3 is 30.3 Å². The van der Waals surface area contributed by atoms with Crippen LogP contribution in [0.3, 0.4) is 0 Å². The molecule has 0 radical (unpaired) electrons. The van der Waals surface area contributed by atoms with Crippen LogP contribution < -0.4 is 0 Å². The third kappa shape index (κ3) is 2.30. The molecule has 0 spiro atoms. The number of hydrogen-bond donors (Lipinski definition) is 5. The van der Waals surface area contributed by atoms with Crippen LogP contribution in [0.4, 0.5) is 0 Å². The molecule has 6 atom stereocenters. The lowest BCUT2D eigenvalue weighted by molar-refractivity contribution is -0.351. The lowest BCUT2D eigenvalue weighted by Gasteiger charge is -2.45. The molecule has 5 N–H and O–H groups in total. The summed E-state index contributed by atoms with van der Waals surface area (Å²) in [5.41, 5.74) is 0. The van der Waals surface area contributed by atoms with Crippen molar-refractivity contribution in [3.05, 3.63) is 0 Å². The Morgan fingerprint density at radius 2 is 1.93 bits per heavy atom. The Morgan fingerprint density at radius 3 is 2.40 bits per heavy atom. The van der Waals surface area contributed by atoms with Crippen molar-refractivity contribution in [1.82, 2.24) is 0 Å². The Hall–Kier alpha value is -0.240. The summed E-state index contributed by atoms with van der Waals surface area (Å²) in [6, 6.07) is 0. The van der Waals surface area contributed by atoms with Gasteiger partial charge in [-0.05, 0) is 0 Å². The van der Waals surface area contributed by atoms with E-state index in [9.17, 15) is 20.4 Å². The normalized spacial score (nSPS) is 49.9. The average Bonchev–Trinajstić information content (AvgIpc) is 2.30. The summed E-state index contributed by atoms with van der Waals surface area (Å²) in [4.78, 5) is 0. The van der Waals surface area contributed by atoms with Crippen molar-refractivity contribution in [3.8, 4) is 0 Å². The number of ether oxygens (including phenoxy) is 1. The maximum atomic E-state index is 9.96. The summed E-state index contributed by atoms with van der Waals surface area (Å²) in [7, 11) is 0. The van der Waals surface area contributed by atoms with Crippen molar-refractivity contribution in [2.75, 3.05) is 6.61 Å². The van der Waals surface area contributed by atoms with Crippen molar-refractivity contribution in [2.24, 2.45) is 0 Å². The highest BCUT2D eigenvalue weighted by atomic mass is 16.7. The minimum atomic E-state index is -2.28. The van der Waals surface area contributed by atoms with Gasteiger partial charge in [-0.15, -0.1) is 0 Å². The van der Waals surface area contributed by atoms with E-state index < -0.39 is 43.2 Å². The molecule has 0 aliphatic carbocycles. The highest BCUT2D eigenvalue weighted by Gasteiger charge is 2.51. The van der Waals surface area contributed by atoms with E-state index in [4.69, 9.17) is 11.2 Å². The zero-order valence-corrected chi connectivity index (χ0v) is 8.45. The van der Waals surface area contributed by atoms with Crippen molar-refractivity contribution in [3.63, 3.8) is 0 Å². The Morgan fingerprint density at radius 1 is 1.33 bits per heavy atom. The van der Waals surface area contributed by atoms with Gasteiger partial charge in [0.1, 0.15) is 24.4 Å². The molecule has 1 fully saturated rings. The van der Waals surface area contributed by atoms with Crippen molar-refractivity contribution in [2.45, 2.75) is 49.9 Å². The molecule has 2 unspecified atom stereocenters. The fraction of sp³-hybridized carbons (Fsp3) is 1.00. The molecule has 0 bridgehead atoms. The van der Waals surface area contributed by atoms with Crippen molar-refractivity contribution < 1.29 is 31.6 Å². The van der Waals surface area contributed by atoms with Gasteiger partial charge in [0.2, 0.25) is 0 Å². The van der Waals surface area contributed by atoms with E-state index in [0.29, 0.717) is 0 Å². The third-order valence-corrected chi connectivity index (χ3v) is 2.49. The first kappa shape index (κ1) is 11.3. The third-order valence-electron chi connectivity index (χ3n) is 2.49. The van der Waals surface area contributed by atoms with E-state index >= 15 is 0 Å². The first-order chi connectivity index (χ1) is 7.38. The van der Waals surface area contributed by atoms with Gasteiger partial charge in [0.05, 0.1) is 6.61 Å². The van der Waals surface area contributed by atoms with E-state index in [1.54, 1.807) is 6.92 Å². The van der Waals surface area contributed by atoms with Gasteiger partial charge in [0, 0.05) is 7.77 Å². The van der Waals surface area contributed by atoms with Crippen LogP contribution >= 0.6 is 0 Å². The summed E-state index contributed by atoms with van der Waals surface area (Å²) in [6.07, 6.45) is -7.15. The molecule has 0 aromatic carbocycles. The molecule has 1 aliphatic rings. The molecular formula is C9H18O6. The second-order valence-electron chi connectivity index (χ2n) is 3.63. The summed E-state index contributed by atoms with van der Waals surface area (Å²) in [6.45, 7) is 0.987. The standard InChI is InChI=1S/C9H18O6/c1-2-3-9(14)8(13)7(12)6(11)5(4-10)15-9/h5-8,10-14H,2-4H2,1H3/t5-,6-,7+,8-,9?/m1/s1/i3D/t3?,5-,6-,7+,8-,9?. The molecule has 15 heavy (non-hydrogen) atoms. The Balaban J connectivity index is 2.93. The molecule has 0 aromatic rings. The van der Waals surface area contributed by atoms with Crippen molar-refractivity contribution in [1.29, 1.82) is 0 Å². The Kier molecular flexibility index (Phi) is 3.55. The molecule has 6 nitrogen and oxygen atoms in total. The minimum Gasteiger partial charge on any atom is -0.394 e. The topological polar surface area (TPSA) is 110 Å². The molecule has 1 heterocycles. The monoisotopic (exact) mass is 223 g/mol. The summed E-state index contributed by atoms with van der Waals surface area (Å²) < 4.78 is 12.5. The molecule has 0 saturated carbocycles. The fourth-order valence-electron chi connectivity index (χ4n) is 1.64. The Labute approximate surface area is 89.1 Å². The second-order valence-corrected chi connectivity index (χ2v) is 3.63. The second kappa shape index (κ2) is 4.73. The van der Waals surface area contributed by atoms with Crippen LogP contribution in [0.2, 0.25) is 0 Å². The molecular weight excluding hydrogens is 204 g/mol. The SMILES string of the molecule is [2H]C(CC)C1(O)O[C@H](CO)[C@@H](O)[C@H](O)[C@H]1O. The lowest BCUT2D eigenvalue weighted by Crippen LogP contribution is -2.65. The van der Waals surface area contributed by atoms with E-state index in [2.05, 4.69) is 0 Å². The lowest BCUT2D eigenvalue weighted by atomic mass is 9.90. The Bertz CT molecular complexity index is 238. The molecule has 6 heteroatoms. The van der Waals surface area contributed by atoms with E-state index in [-0.39, 0.29) is 6.42 Å². The van der Waals surface area contributed by atoms with Crippen molar-refractivity contribution >= 4 is 0 Å². The van der Waals surface area contributed by atoms with Gasteiger partial charge in [-0.3, -0.25) is 0 Å². The summed E-state index contributed by atoms with van der Waals surface area (Å²) >= 11 is 0. The van der Waals surface area contributed by atoms with E-state index in [1.807, 2.05) is 0 Å². The van der Waals surface area contributed by atoms with E-state index in [1.165, 1.54) is 0 Å². The quantitative estimate of drug-likeness (QED) is 0.376. The molecule has 1 saturated heterocycles. The first-order valence-electron chi connectivity index (χ1n) is 5.43. The number of aliphatic hydroxyl groups is 5. The largest absolute Gasteiger partial charge is 0.394 e. The summed E-state index contributed by atoms with van der Waals surface area (Å²) in [5.74, 6) is -2.28. The van der Waals surface area contributed by atoms with E-state index in [0.717, 1.165) is 0 Å². The van der Waals surface area contributed by atoms with Gasteiger partial charge in [0.25, 0.3) is 0 Å². The molecule has 0 amide bonds. The first-order valence-corrected chi connectivity index (χ1v) is 4.86. The highest BCUT2D eigenvalue weighted by molar-refractivity contribution is 4.95. The maximum absolute atomic E-state index is 9.96. The van der Waals surface area contributed by atoms with Gasteiger partial charge in [0.15, 0.2) is 5.79 Å². The number of hydrogen-bond acceptors (Lipinski definition) is 6. The molecule has 1 aliphatic heterocycles. The molecule has 1 rings (SSSR count). The van der Waals surface area contributed by atoms with Crippen LogP contribution in [0.25, 0.3) is 0 Å². The predicted octanol–water partition coefficient (Wildman–Crippen LogP) is -2.05. The summed E-state index contributed by atoms with van der Waals surface area (Å²) in [5, 5.41) is 47.4. The molecule has 0 aromatic heterocycles. The number of aliphatic hydroxyl groups excluding tert-OH is 4. The van der Waals surface area contributed by atoms with Crippen LogP contribution in [-0.4, -0.2) is 62.3 Å².